The van der Waals surface area contributed by atoms with E-state index in [-0.39, 0.29) is 11.8 Å². The third-order valence-electron chi connectivity index (χ3n) is 4.28. The third-order valence-corrected chi connectivity index (χ3v) is 4.28. The summed E-state index contributed by atoms with van der Waals surface area (Å²) in [6.07, 6.45) is 3.24. The molecule has 3 rings (SSSR count). The van der Waals surface area contributed by atoms with Gasteiger partial charge in [0.25, 0.3) is 5.91 Å². The molecule has 0 radical (unpaired) electrons. The number of nitrogens with zero attached hydrogens (tertiary/aromatic N) is 1. The summed E-state index contributed by atoms with van der Waals surface area (Å²) in [4.78, 5) is 28.7. The Morgan fingerprint density at radius 2 is 1.81 bits per heavy atom. The lowest BCUT2D eigenvalue weighted by molar-refractivity contribution is -0.116. The summed E-state index contributed by atoms with van der Waals surface area (Å²) >= 11 is 0. The van der Waals surface area contributed by atoms with Crippen LogP contribution in [0.2, 0.25) is 0 Å². The Balaban J connectivity index is 1.57. The number of aromatic amines is 1. The Kier molecular flexibility index (Phi) is 5.41. The Morgan fingerprint density at radius 3 is 2.52 bits per heavy atom. The summed E-state index contributed by atoms with van der Waals surface area (Å²) in [6, 6.07) is 15.3. The fourth-order valence-electron chi connectivity index (χ4n) is 2.85. The van der Waals surface area contributed by atoms with Crippen molar-refractivity contribution in [2.24, 2.45) is 0 Å². The van der Waals surface area contributed by atoms with Crippen molar-refractivity contribution in [2.75, 3.05) is 14.1 Å². The van der Waals surface area contributed by atoms with Gasteiger partial charge in [0.1, 0.15) is 0 Å². The molecule has 5 heteroatoms. The zero-order valence-electron chi connectivity index (χ0n) is 15.7. The number of fused-ring (bicyclic) bond motifs is 1. The monoisotopic (exact) mass is 361 g/mol. The van der Waals surface area contributed by atoms with E-state index in [1.165, 1.54) is 11.0 Å². The van der Waals surface area contributed by atoms with Gasteiger partial charge >= 0.3 is 0 Å². The number of H-pyrrole nitrogens is 1. The lowest BCUT2D eigenvalue weighted by atomic mass is 10.1. The van der Waals surface area contributed by atoms with Crippen LogP contribution in [0.25, 0.3) is 17.0 Å². The van der Waals surface area contributed by atoms with Gasteiger partial charge in [-0.05, 0) is 59.8 Å². The van der Waals surface area contributed by atoms with Crippen molar-refractivity contribution in [3.63, 3.8) is 0 Å². The number of nitrogens with one attached hydrogen (secondary N) is 2. The minimum absolute atomic E-state index is 0.0437. The van der Waals surface area contributed by atoms with Crippen LogP contribution in [0.1, 0.15) is 27.2 Å². The zero-order chi connectivity index (χ0) is 19.4. The van der Waals surface area contributed by atoms with Gasteiger partial charge in [-0.15, -0.1) is 0 Å². The van der Waals surface area contributed by atoms with E-state index in [1.807, 2.05) is 31.2 Å². The number of amides is 2. The molecule has 2 amide bonds. The van der Waals surface area contributed by atoms with Gasteiger partial charge in [-0.1, -0.05) is 18.2 Å². The summed E-state index contributed by atoms with van der Waals surface area (Å²) in [6.45, 7) is 2.49. The number of hydrogen-bond donors (Lipinski definition) is 2. The molecule has 0 atom stereocenters. The second-order valence-corrected chi connectivity index (χ2v) is 6.75. The molecule has 138 valence electrons. The predicted molar refractivity (Wildman–Crippen MR) is 108 cm³/mol. The maximum absolute atomic E-state index is 12.1. The van der Waals surface area contributed by atoms with Crippen LogP contribution in [0.4, 0.5) is 0 Å². The number of aryl methyl sites for hydroxylation is 1. The normalized spacial score (nSPS) is 11.1. The average Bonchev–Trinajstić information content (AvgIpc) is 3.03. The molecule has 0 saturated heterocycles. The molecule has 27 heavy (non-hydrogen) atoms. The maximum Gasteiger partial charge on any atom is 0.253 e. The number of carbonyl (C=O) groups excluding carboxylic acids is 2. The summed E-state index contributed by atoms with van der Waals surface area (Å²) in [5.74, 6) is -0.202. The highest BCUT2D eigenvalue weighted by Crippen LogP contribution is 2.16. The second-order valence-electron chi connectivity index (χ2n) is 6.75. The molecule has 2 aromatic carbocycles. The van der Waals surface area contributed by atoms with Gasteiger partial charge in [0.05, 0.1) is 0 Å². The first-order valence-corrected chi connectivity index (χ1v) is 8.78. The molecule has 2 N–H and O–H groups in total. The Labute approximate surface area is 158 Å². The lowest BCUT2D eigenvalue weighted by Gasteiger charge is -2.09. The standard InChI is InChI=1S/C22H23N3O2/c1-15-12-19-13-17(6-10-20(19)24-15)14-23-21(26)11-7-16-4-8-18(9-5-16)22(27)25(2)3/h4-13,24H,14H2,1-3H3,(H,23,26)/b11-7+. The van der Waals surface area contributed by atoms with Crippen LogP contribution in [0.3, 0.4) is 0 Å². The number of hydrogen-bond acceptors (Lipinski definition) is 2. The van der Waals surface area contributed by atoms with Crippen molar-refractivity contribution in [1.82, 2.24) is 15.2 Å². The zero-order valence-corrected chi connectivity index (χ0v) is 15.7. The van der Waals surface area contributed by atoms with E-state index in [2.05, 4.69) is 22.4 Å². The van der Waals surface area contributed by atoms with Crippen LogP contribution in [-0.4, -0.2) is 35.8 Å². The quantitative estimate of drug-likeness (QED) is 0.683. The van der Waals surface area contributed by atoms with Gasteiger partial charge in [0.2, 0.25) is 5.91 Å². The van der Waals surface area contributed by atoms with Crippen LogP contribution in [0.15, 0.2) is 54.6 Å². The van der Waals surface area contributed by atoms with Crippen molar-refractivity contribution < 1.29 is 9.59 Å². The molecule has 0 unspecified atom stereocenters. The van der Waals surface area contributed by atoms with Gasteiger partial charge < -0.3 is 15.2 Å². The Morgan fingerprint density at radius 1 is 1.07 bits per heavy atom. The van der Waals surface area contributed by atoms with Gasteiger partial charge in [0.15, 0.2) is 0 Å². The van der Waals surface area contributed by atoms with E-state index in [4.69, 9.17) is 0 Å². The van der Waals surface area contributed by atoms with Gasteiger partial charge in [-0.2, -0.15) is 0 Å². The Hall–Kier alpha value is -3.34. The highest BCUT2D eigenvalue weighted by atomic mass is 16.2. The molecule has 0 saturated carbocycles. The molecule has 0 bridgehead atoms. The molecule has 0 aliphatic carbocycles. The lowest BCUT2D eigenvalue weighted by Crippen LogP contribution is -2.21. The summed E-state index contributed by atoms with van der Waals surface area (Å²) in [5, 5.41) is 4.03. The highest BCUT2D eigenvalue weighted by molar-refractivity contribution is 5.94. The summed E-state index contributed by atoms with van der Waals surface area (Å²) in [7, 11) is 3.44. The first-order chi connectivity index (χ1) is 12.9. The second kappa shape index (κ2) is 7.91. The Bertz CT molecular complexity index is 998. The van der Waals surface area contributed by atoms with Crippen molar-refractivity contribution in [2.45, 2.75) is 13.5 Å². The van der Waals surface area contributed by atoms with E-state index in [0.29, 0.717) is 12.1 Å². The number of rotatable bonds is 5. The van der Waals surface area contributed by atoms with Gasteiger partial charge in [-0.3, -0.25) is 9.59 Å². The largest absolute Gasteiger partial charge is 0.359 e. The average molecular weight is 361 g/mol. The van der Waals surface area contributed by atoms with Crippen molar-refractivity contribution in [1.29, 1.82) is 0 Å². The molecule has 0 spiro atoms. The van der Waals surface area contributed by atoms with E-state index in [9.17, 15) is 9.59 Å². The van der Waals surface area contributed by atoms with Crippen LogP contribution < -0.4 is 5.32 Å². The van der Waals surface area contributed by atoms with E-state index in [0.717, 1.165) is 27.7 Å². The van der Waals surface area contributed by atoms with E-state index >= 15 is 0 Å². The molecule has 1 aromatic heterocycles. The minimum Gasteiger partial charge on any atom is -0.359 e. The molecule has 0 aliphatic heterocycles. The van der Waals surface area contributed by atoms with Gasteiger partial charge in [0, 0.05) is 43.5 Å². The van der Waals surface area contributed by atoms with Crippen LogP contribution >= 0.6 is 0 Å². The molecule has 3 aromatic rings. The molecule has 5 nitrogen and oxygen atoms in total. The summed E-state index contributed by atoms with van der Waals surface area (Å²) < 4.78 is 0. The van der Waals surface area contributed by atoms with E-state index < -0.39 is 0 Å². The molecule has 0 aliphatic rings. The number of aromatic nitrogens is 1. The first-order valence-electron chi connectivity index (χ1n) is 8.78. The van der Waals surface area contributed by atoms with Crippen LogP contribution in [0, 0.1) is 6.92 Å². The SMILES string of the molecule is Cc1cc2cc(CNC(=O)/C=C/c3ccc(C(=O)N(C)C)cc3)ccc2[nH]1. The minimum atomic E-state index is -0.159. The molecular formula is C22H23N3O2. The van der Waals surface area contributed by atoms with Crippen LogP contribution in [0.5, 0.6) is 0 Å². The maximum atomic E-state index is 12.1. The fraction of sp³-hybridized carbons (Fsp3) is 0.182. The third kappa shape index (κ3) is 4.64. The molecule has 1 heterocycles. The van der Waals surface area contributed by atoms with Crippen molar-refractivity contribution >= 4 is 28.8 Å². The van der Waals surface area contributed by atoms with Crippen molar-refractivity contribution in [3.8, 4) is 0 Å². The molecule has 0 fully saturated rings. The highest BCUT2D eigenvalue weighted by Gasteiger charge is 2.06. The van der Waals surface area contributed by atoms with Crippen LogP contribution in [-0.2, 0) is 11.3 Å². The predicted octanol–water partition coefficient (Wildman–Crippen LogP) is 3.51. The summed E-state index contributed by atoms with van der Waals surface area (Å²) in [5.41, 5.74) is 4.75. The number of benzene rings is 2. The van der Waals surface area contributed by atoms with Crippen molar-refractivity contribution in [3.05, 3.63) is 77.0 Å². The molecular weight excluding hydrogens is 338 g/mol. The number of carbonyl (C=O) groups is 2. The first kappa shape index (κ1) is 18.5. The van der Waals surface area contributed by atoms with Gasteiger partial charge in [-0.25, -0.2) is 0 Å². The van der Waals surface area contributed by atoms with E-state index in [1.54, 1.807) is 32.3 Å². The topological polar surface area (TPSA) is 65.2 Å². The smallest absolute Gasteiger partial charge is 0.253 e. The fourth-order valence-corrected chi connectivity index (χ4v) is 2.85.